The predicted octanol–water partition coefficient (Wildman–Crippen LogP) is 1.28. The first-order valence-electron chi connectivity index (χ1n) is 6.25. The smallest absolute Gasteiger partial charge is 0.115 e. The van der Waals surface area contributed by atoms with E-state index in [9.17, 15) is 4.39 Å². The number of hydrogen-bond acceptors (Lipinski definition) is 2. The second kappa shape index (κ2) is 3.42. The Morgan fingerprint density at radius 1 is 1.27 bits per heavy atom. The normalized spacial score (nSPS) is 51.2. The Balaban J connectivity index is 1.70. The highest BCUT2D eigenvalue weighted by Gasteiger charge is 2.52. The molecule has 1 saturated carbocycles. The van der Waals surface area contributed by atoms with Gasteiger partial charge in [0.1, 0.15) is 5.67 Å². The van der Waals surface area contributed by atoms with Crippen molar-refractivity contribution in [2.75, 3.05) is 33.2 Å². The molecule has 3 fully saturated rings. The zero-order valence-corrected chi connectivity index (χ0v) is 9.51. The lowest BCUT2D eigenvalue weighted by atomic mass is 9.85. The number of rotatable bonds is 1. The van der Waals surface area contributed by atoms with Gasteiger partial charge in [-0.2, -0.15) is 0 Å². The second-order valence-corrected chi connectivity index (χ2v) is 5.87. The minimum Gasteiger partial charge on any atom is -0.316 e. The van der Waals surface area contributed by atoms with E-state index in [0.29, 0.717) is 17.8 Å². The Hall–Kier alpha value is -0.150. The lowest BCUT2D eigenvalue weighted by molar-refractivity contribution is 0.0835. The van der Waals surface area contributed by atoms with Gasteiger partial charge in [-0.3, -0.25) is 0 Å². The molecule has 86 valence electrons. The van der Waals surface area contributed by atoms with Crippen LogP contribution in [0.5, 0.6) is 0 Å². The van der Waals surface area contributed by atoms with Crippen LogP contribution in [0, 0.1) is 17.8 Å². The predicted molar refractivity (Wildman–Crippen MR) is 58.5 cm³/mol. The molecule has 2 heterocycles. The van der Waals surface area contributed by atoms with Crippen LogP contribution in [0.15, 0.2) is 0 Å². The number of nitrogens with one attached hydrogen (secondary N) is 1. The summed E-state index contributed by atoms with van der Waals surface area (Å²) in [4.78, 5) is 2.28. The van der Waals surface area contributed by atoms with Crippen molar-refractivity contribution in [1.29, 1.82) is 0 Å². The molecule has 3 unspecified atom stereocenters. The van der Waals surface area contributed by atoms with Gasteiger partial charge in [-0.15, -0.1) is 0 Å². The number of alkyl halides is 1. The number of halogens is 1. The first-order valence-corrected chi connectivity index (χ1v) is 6.25. The highest BCUT2D eigenvalue weighted by Crippen LogP contribution is 2.49. The molecule has 3 rings (SSSR count). The highest BCUT2D eigenvalue weighted by atomic mass is 19.1. The minimum absolute atomic E-state index is 0.313. The zero-order chi connectivity index (χ0) is 10.5. The van der Waals surface area contributed by atoms with Crippen LogP contribution < -0.4 is 5.32 Å². The summed E-state index contributed by atoms with van der Waals surface area (Å²) < 4.78 is 14.9. The van der Waals surface area contributed by atoms with E-state index in [2.05, 4.69) is 17.3 Å². The fourth-order valence-corrected chi connectivity index (χ4v) is 3.91. The number of nitrogens with zero attached hydrogens (tertiary/aromatic N) is 1. The van der Waals surface area contributed by atoms with Gasteiger partial charge in [-0.25, -0.2) is 4.39 Å². The SMILES string of the molecule is CN1CCC(C2(F)CC3CNCC3C2)C1. The average molecular weight is 212 g/mol. The van der Waals surface area contributed by atoms with Crippen molar-refractivity contribution in [1.82, 2.24) is 10.2 Å². The van der Waals surface area contributed by atoms with E-state index in [4.69, 9.17) is 0 Å². The van der Waals surface area contributed by atoms with Crippen molar-refractivity contribution in [3.8, 4) is 0 Å². The standard InChI is InChI=1S/C12H21FN2/c1-15-3-2-11(8-15)12(13)4-9-6-14-7-10(9)5-12/h9-11,14H,2-8H2,1H3. The average Bonchev–Trinajstić information content (AvgIpc) is 2.79. The lowest BCUT2D eigenvalue weighted by Gasteiger charge is -2.27. The highest BCUT2D eigenvalue weighted by molar-refractivity contribution is 5.04. The Kier molecular flexibility index (Phi) is 2.29. The van der Waals surface area contributed by atoms with Crippen LogP contribution in [0.4, 0.5) is 4.39 Å². The van der Waals surface area contributed by atoms with E-state index in [1.165, 1.54) is 0 Å². The fourth-order valence-electron chi connectivity index (χ4n) is 3.91. The van der Waals surface area contributed by atoms with Gasteiger partial charge in [-0.05, 0) is 57.8 Å². The van der Waals surface area contributed by atoms with Gasteiger partial charge in [-0.1, -0.05) is 0 Å². The third kappa shape index (κ3) is 1.60. The van der Waals surface area contributed by atoms with E-state index in [1.807, 2.05) is 0 Å². The van der Waals surface area contributed by atoms with Crippen LogP contribution >= 0.6 is 0 Å². The van der Waals surface area contributed by atoms with Gasteiger partial charge in [0, 0.05) is 12.5 Å². The van der Waals surface area contributed by atoms with Gasteiger partial charge in [0.25, 0.3) is 0 Å². The summed E-state index contributed by atoms with van der Waals surface area (Å²) in [5, 5.41) is 3.38. The molecule has 0 bridgehead atoms. The summed E-state index contributed by atoms with van der Waals surface area (Å²) in [6, 6.07) is 0. The lowest BCUT2D eigenvalue weighted by Crippen LogP contribution is -2.34. The number of likely N-dealkylation sites (tertiary alicyclic amines) is 1. The van der Waals surface area contributed by atoms with E-state index >= 15 is 0 Å². The van der Waals surface area contributed by atoms with Gasteiger partial charge in [0.15, 0.2) is 0 Å². The molecular formula is C12H21FN2. The molecule has 2 aliphatic heterocycles. The molecule has 2 nitrogen and oxygen atoms in total. The van der Waals surface area contributed by atoms with Crippen molar-refractivity contribution in [2.45, 2.75) is 24.9 Å². The van der Waals surface area contributed by atoms with Gasteiger partial charge in [0.2, 0.25) is 0 Å². The maximum Gasteiger partial charge on any atom is 0.115 e. The molecule has 0 aromatic heterocycles. The fraction of sp³-hybridized carbons (Fsp3) is 1.00. The Bertz CT molecular complexity index is 244. The van der Waals surface area contributed by atoms with Crippen molar-refractivity contribution < 1.29 is 4.39 Å². The summed E-state index contributed by atoms with van der Waals surface area (Å²) in [5.41, 5.74) is -0.831. The molecule has 3 heteroatoms. The van der Waals surface area contributed by atoms with Crippen LogP contribution in [-0.2, 0) is 0 Å². The second-order valence-electron chi connectivity index (χ2n) is 5.87. The molecule has 3 aliphatic rings. The number of fused-ring (bicyclic) bond motifs is 1. The largest absolute Gasteiger partial charge is 0.316 e. The topological polar surface area (TPSA) is 15.3 Å². The van der Waals surface area contributed by atoms with Gasteiger partial charge < -0.3 is 10.2 Å². The Morgan fingerprint density at radius 3 is 2.47 bits per heavy atom. The van der Waals surface area contributed by atoms with Crippen LogP contribution in [-0.4, -0.2) is 43.8 Å². The third-order valence-corrected chi connectivity index (χ3v) is 4.81. The number of hydrogen-bond donors (Lipinski definition) is 1. The first kappa shape index (κ1) is 10.0. The Labute approximate surface area is 91.2 Å². The van der Waals surface area contributed by atoms with E-state index in [0.717, 1.165) is 45.4 Å². The van der Waals surface area contributed by atoms with Crippen LogP contribution in [0.3, 0.4) is 0 Å². The minimum atomic E-state index is -0.831. The maximum absolute atomic E-state index is 14.9. The molecular weight excluding hydrogens is 191 g/mol. The quantitative estimate of drug-likeness (QED) is 0.704. The van der Waals surface area contributed by atoms with Crippen LogP contribution in [0.25, 0.3) is 0 Å². The van der Waals surface area contributed by atoms with Crippen molar-refractivity contribution >= 4 is 0 Å². The summed E-state index contributed by atoms with van der Waals surface area (Å²) in [5.74, 6) is 1.56. The molecule has 0 aromatic rings. The van der Waals surface area contributed by atoms with E-state index < -0.39 is 5.67 Å². The zero-order valence-electron chi connectivity index (χ0n) is 9.51. The first-order chi connectivity index (χ1) is 7.17. The van der Waals surface area contributed by atoms with Crippen LogP contribution in [0.2, 0.25) is 0 Å². The molecule has 3 atom stereocenters. The summed E-state index contributed by atoms with van der Waals surface area (Å²) in [7, 11) is 2.11. The van der Waals surface area contributed by atoms with Gasteiger partial charge >= 0.3 is 0 Å². The molecule has 2 saturated heterocycles. The Morgan fingerprint density at radius 2 is 1.93 bits per heavy atom. The summed E-state index contributed by atoms with van der Waals surface area (Å²) >= 11 is 0. The van der Waals surface area contributed by atoms with Crippen molar-refractivity contribution in [3.05, 3.63) is 0 Å². The van der Waals surface area contributed by atoms with Gasteiger partial charge in [0.05, 0.1) is 0 Å². The molecule has 0 spiro atoms. The van der Waals surface area contributed by atoms with Crippen molar-refractivity contribution in [3.63, 3.8) is 0 Å². The maximum atomic E-state index is 14.9. The van der Waals surface area contributed by atoms with Crippen molar-refractivity contribution in [2.24, 2.45) is 17.8 Å². The van der Waals surface area contributed by atoms with E-state index in [-0.39, 0.29) is 0 Å². The van der Waals surface area contributed by atoms with Crippen LogP contribution in [0.1, 0.15) is 19.3 Å². The van der Waals surface area contributed by atoms with E-state index in [1.54, 1.807) is 0 Å². The summed E-state index contributed by atoms with van der Waals surface area (Å²) in [6.07, 6.45) is 2.71. The molecule has 1 aliphatic carbocycles. The molecule has 1 N–H and O–H groups in total. The summed E-state index contributed by atoms with van der Waals surface area (Å²) in [6.45, 7) is 4.17. The molecule has 0 aromatic carbocycles. The monoisotopic (exact) mass is 212 g/mol. The molecule has 15 heavy (non-hydrogen) atoms. The third-order valence-electron chi connectivity index (χ3n) is 4.81. The molecule has 0 amide bonds. The molecule has 0 radical (unpaired) electrons.